The molecule has 23 heavy (non-hydrogen) atoms. The van der Waals surface area contributed by atoms with Gasteiger partial charge in [-0.2, -0.15) is 0 Å². The van der Waals surface area contributed by atoms with Crippen molar-refractivity contribution in [3.63, 3.8) is 0 Å². The first kappa shape index (κ1) is 16.8. The highest BCUT2D eigenvalue weighted by Gasteiger charge is 2.12. The molecule has 2 aromatic rings. The molecule has 1 heterocycles. The van der Waals surface area contributed by atoms with Crippen molar-refractivity contribution < 1.29 is 14.0 Å². The molecule has 0 radical (unpaired) electrons. The SMILES string of the molecule is C=CCNC(=O)NC(=O)CSc1nnc(-c2cccc(C)c2)o1. The Bertz CT molecular complexity index is 714. The predicted octanol–water partition coefficient (Wildman–Crippen LogP) is 2.15. The number of aromatic nitrogens is 2. The Morgan fingerprint density at radius 1 is 1.39 bits per heavy atom. The number of rotatable bonds is 6. The summed E-state index contributed by atoms with van der Waals surface area (Å²) in [7, 11) is 0. The summed E-state index contributed by atoms with van der Waals surface area (Å²) in [6.45, 7) is 5.72. The van der Waals surface area contributed by atoms with Crippen LogP contribution in [0.15, 0.2) is 46.6 Å². The van der Waals surface area contributed by atoms with Crippen LogP contribution in [0.2, 0.25) is 0 Å². The van der Waals surface area contributed by atoms with Crippen LogP contribution in [0.5, 0.6) is 0 Å². The lowest BCUT2D eigenvalue weighted by Gasteiger charge is -2.03. The van der Waals surface area contributed by atoms with E-state index < -0.39 is 11.9 Å². The first-order valence-electron chi connectivity index (χ1n) is 6.80. The van der Waals surface area contributed by atoms with Gasteiger partial charge in [0, 0.05) is 12.1 Å². The third kappa shape index (κ3) is 5.26. The van der Waals surface area contributed by atoms with E-state index in [0.29, 0.717) is 5.89 Å². The Balaban J connectivity index is 1.86. The quantitative estimate of drug-likeness (QED) is 0.621. The van der Waals surface area contributed by atoms with Gasteiger partial charge >= 0.3 is 6.03 Å². The molecular formula is C15H16N4O3S. The number of urea groups is 1. The van der Waals surface area contributed by atoms with Gasteiger partial charge in [-0.1, -0.05) is 35.5 Å². The maximum absolute atomic E-state index is 11.6. The number of nitrogens with zero attached hydrogens (tertiary/aromatic N) is 2. The molecule has 2 rings (SSSR count). The average molecular weight is 332 g/mol. The highest BCUT2D eigenvalue weighted by Crippen LogP contribution is 2.23. The van der Waals surface area contributed by atoms with Gasteiger partial charge < -0.3 is 9.73 Å². The lowest BCUT2D eigenvalue weighted by atomic mass is 10.1. The van der Waals surface area contributed by atoms with E-state index in [1.165, 1.54) is 6.08 Å². The Labute approximate surface area is 137 Å². The molecule has 120 valence electrons. The molecule has 1 aromatic heterocycles. The maximum Gasteiger partial charge on any atom is 0.321 e. The Kier molecular flexibility index (Phi) is 5.93. The first-order chi connectivity index (χ1) is 11.1. The summed E-state index contributed by atoms with van der Waals surface area (Å²) < 4.78 is 5.49. The minimum absolute atomic E-state index is 0.00302. The number of hydrogen-bond donors (Lipinski definition) is 2. The second-order valence-electron chi connectivity index (χ2n) is 4.58. The topological polar surface area (TPSA) is 97.1 Å². The fraction of sp³-hybridized carbons (Fsp3) is 0.200. The highest BCUT2D eigenvalue weighted by atomic mass is 32.2. The molecule has 0 unspecified atom stereocenters. The summed E-state index contributed by atoms with van der Waals surface area (Å²) in [5.74, 6) is -0.0658. The van der Waals surface area contributed by atoms with Gasteiger partial charge in [0.25, 0.3) is 5.22 Å². The largest absolute Gasteiger partial charge is 0.411 e. The zero-order valence-corrected chi connectivity index (χ0v) is 13.4. The van der Waals surface area contributed by atoms with E-state index in [1.54, 1.807) is 0 Å². The zero-order chi connectivity index (χ0) is 16.7. The van der Waals surface area contributed by atoms with E-state index in [0.717, 1.165) is 22.9 Å². The zero-order valence-electron chi connectivity index (χ0n) is 12.5. The third-order valence-electron chi connectivity index (χ3n) is 2.66. The molecule has 0 aliphatic carbocycles. The number of amides is 3. The van der Waals surface area contributed by atoms with E-state index in [2.05, 4.69) is 27.4 Å². The number of carbonyl (C=O) groups excluding carboxylic acids is 2. The molecule has 0 saturated heterocycles. The van der Waals surface area contributed by atoms with Crippen molar-refractivity contribution in [2.75, 3.05) is 12.3 Å². The van der Waals surface area contributed by atoms with Gasteiger partial charge in [-0.05, 0) is 19.1 Å². The van der Waals surface area contributed by atoms with Gasteiger partial charge in [0.2, 0.25) is 11.8 Å². The van der Waals surface area contributed by atoms with Crippen LogP contribution in [0.1, 0.15) is 5.56 Å². The average Bonchev–Trinajstić information content (AvgIpc) is 3.00. The van der Waals surface area contributed by atoms with Crippen molar-refractivity contribution >= 4 is 23.7 Å². The second-order valence-corrected chi connectivity index (χ2v) is 5.50. The van der Waals surface area contributed by atoms with E-state index in [9.17, 15) is 9.59 Å². The molecule has 0 bridgehead atoms. The Hall–Kier alpha value is -2.61. The van der Waals surface area contributed by atoms with Gasteiger partial charge in [-0.3, -0.25) is 10.1 Å². The summed E-state index contributed by atoms with van der Waals surface area (Å²) in [4.78, 5) is 22.9. The lowest BCUT2D eigenvalue weighted by Crippen LogP contribution is -2.40. The molecule has 0 saturated carbocycles. The standard InChI is InChI=1S/C15H16N4O3S/c1-3-7-16-14(21)17-12(20)9-23-15-19-18-13(22-15)11-6-4-5-10(2)8-11/h3-6,8H,1,7,9H2,2H3,(H2,16,17,20,21). The molecular weight excluding hydrogens is 316 g/mol. The van der Waals surface area contributed by atoms with E-state index in [-0.39, 0.29) is 17.5 Å². The van der Waals surface area contributed by atoms with Crippen molar-refractivity contribution in [3.8, 4) is 11.5 Å². The number of aryl methyl sites for hydroxylation is 1. The van der Waals surface area contributed by atoms with Crippen LogP contribution < -0.4 is 10.6 Å². The molecule has 0 aliphatic rings. The lowest BCUT2D eigenvalue weighted by molar-refractivity contribution is -0.117. The fourth-order valence-corrected chi connectivity index (χ4v) is 2.23. The Morgan fingerprint density at radius 2 is 2.22 bits per heavy atom. The number of benzene rings is 1. The van der Waals surface area contributed by atoms with E-state index in [1.807, 2.05) is 31.2 Å². The highest BCUT2D eigenvalue weighted by molar-refractivity contribution is 7.99. The van der Waals surface area contributed by atoms with Crippen LogP contribution >= 0.6 is 11.8 Å². The van der Waals surface area contributed by atoms with Gasteiger partial charge in [-0.15, -0.1) is 16.8 Å². The smallest absolute Gasteiger partial charge is 0.321 e. The third-order valence-corrected chi connectivity index (χ3v) is 3.48. The molecule has 7 nitrogen and oxygen atoms in total. The minimum atomic E-state index is -0.568. The monoisotopic (exact) mass is 332 g/mol. The van der Waals surface area contributed by atoms with Gasteiger partial charge in [0.15, 0.2) is 0 Å². The molecule has 8 heteroatoms. The minimum Gasteiger partial charge on any atom is -0.411 e. The molecule has 1 aromatic carbocycles. The van der Waals surface area contributed by atoms with Gasteiger partial charge in [-0.25, -0.2) is 4.79 Å². The van der Waals surface area contributed by atoms with Crippen molar-refractivity contribution in [1.29, 1.82) is 0 Å². The number of hydrogen-bond acceptors (Lipinski definition) is 6. The van der Waals surface area contributed by atoms with E-state index >= 15 is 0 Å². The van der Waals surface area contributed by atoms with Gasteiger partial charge in [0.05, 0.1) is 5.75 Å². The van der Waals surface area contributed by atoms with Crippen LogP contribution in [0, 0.1) is 6.92 Å². The molecule has 0 fully saturated rings. The fourth-order valence-electron chi connectivity index (χ4n) is 1.66. The molecule has 0 aliphatic heterocycles. The maximum atomic E-state index is 11.6. The molecule has 3 amide bonds. The van der Waals surface area contributed by atoms with Crippen LogP contribution in [0.3, 0.4) is 0 Å². The normalized spacial score (nSPS) is 10.1. The van der Waals surface area contributed by atoms with Crippen molar-refractivity contribution in [2.45, 2.75) is 12.1 Å². The second kappa shape index (κ2) is 8.14. The molecule has 0 atom stereocenters. The Morgan fingerprint density at radius 3 is 2.96 bits per heavy atom. The summed E-state index contributed by atoms with van der Waals surface area (Å²) in [5.41, 5.74) is 1.90. The summed E-state index contributed by atoms with van der Waals surface area (Å²) in [6.07, 6.45) is 1.52. The number of imide groups is 1. The van der Waals surface area contributed by atoms with Crippen LogP contribution in [0.25, 0.3) is 11.5 Å². The van der Waals surface area contributed by atoms with Crippen LogP contribution in [0.4, 0.5) is 4.79 Å². The van der Waals surface area contributed by atoms with Crippen molar-refractivity contribution in [3.05, 3.63) is 42.5 Å². The molecule has 2 N–H and O–H groups in total. The van der Waals surface area contributed by atoms with Crippen LogP contribution in [-0.2, 0) is 4.79 Å². The van der Waals surface area contributed by atoms with Crippen molar-refractivity contribution in [1.82, 2.24) is 20.8 Å². The summed E-state index contributed by atoms with van der Waals surface area (Å²) in [6, 6.07) is 7.10. The van der Waals surface area contributed by atoms with Crippen LogP contribution in [-0.4, -0.2) is 34.4 Å². The number of thioether (sulfide) groups is 1. The van der Waals surface area contributed by atoms with E-state index in [4.69, 9.17) is 4.42 Å². The first-order valence-corrected chi connectivity index (χ1v) is 7.79. The summed E-state index contributed by atoms with van der Waals surface area (Å²) in [5, 5.41) is 12.7. The number of carbonyl (C=O) groups is 2. The molecule has 0 spiro atoms. The van der Waals surface area contributed by atoms with Crippen molar-refractivity contribution in [2.24, 2.45) is 0 Å². The summed E-state index contributed by atoms with van der Waals surface area (Å²) >= 11 is 1.06. The number of nitrogens with one attached hydrogen (secondary N) is 2. The van der Waals surface area contributed by atoms with Gasteiger partial charge in [0.1, 0.15) is 0 Å². The predicted molar refractivity (Wildman–Crippen MR) is 86.9 cm³/mol.